The molecule has 2 aromatic rings. The van der Waals surface area contributed by atoms with Crippen LogP contribution in [0.1, 0.15) is 5.69 Å². The first-order valence-corrected chi connectivity index (χ1v) is 6.64. The van der Waals surface area contributed by atoms with Crippen molar-refractivity contribution in [3.8, 4) is 0 Å². The van der Waals surface area contributed by atoms with Gasteiger partial charge in [-0.2, -0.15) is 4.98 Å². The number of halogens is 2. The predicted molar refractivity (Wildman–Crippen MR) is 80.9 cm³/mol. The molecule has 0 atom stereocenters. The number of hydrogen-bond donors (Lipinski definition) is 1. The lowest BCUT2D eigenvalue weighted by Crippen LogP contribution is -2.04. The number of anilines is 2. The highest BCUT2D eigenvalue weighted by Gasteiger charge is 2.21. The number of hydrogen-bond acceptors (Lipinski definition) is 5. The second-order valence-electron chi connectivity index (χ2n) is 3.67. The lowest BCUT2D eigenvalue weighted by atomic mass is 10.3. The first kappa shape index (κ1) is 13.9. The van der Waals surface area contributed by atoms with Crippen LogP contribution in [0.4, 0.5) is 17.2 Å². The minimum atomic E-state index is -0.526. The van der Waals surface area contributed by atoms with Crippen molar-refractivity contribution in [3.05, 3.63) is 48.9 Å². The largest absolute Gasteiger partial charge is 0.334 e. The molecule has 0 radical (unpaired) electrons. The van der Waals surface area contributed by atoms with Crippen molar-refractivity contribution in [1.82, 2.24) is 9.97 Å². The van der Waals surface area contributed by atoms with E-state index in [0.717, 1.165) is 3.57 Å². The molecular formula is C11H8ClIN4O2. The number of nitrogens with zero attached hydrogens (tertiary/aromatic N) is 3. The summed E-state index contributed by atoms with van der Waals surface area (Å²) in [5.74, 6) is 0.0875. The highest BCUT2D eigenvalue weighted by Crippen LogP contribution is 2.29. The Morgan fingerprint density at radius 3 is 2.79 bits per heavy atom. The molecule has 0 saturated carbocycles. The molecule has 1 aromatic carbocycles. The Hall–Kier alpha value is -1.48. The van der Waals surface area contributed by atoms with Gasteiger partial charge in [0.2, 0.25) is 11.1 Å². The summed E-state index contributed by atoms with van der Waals surface area (Å²) in [4.78, 5) is 18.2. The van der Waals surface area contributed by atoms with Gasteiger partial charge < -0.3 is 5.32 Å². The standard InChI is InChI=1S/C11H8ClIN4O2/c1-6-9(17(18)19)10(16-11(12)14-6)15-8-4-2-3-7(13)5-8/h2-5H,1H3,(H,14,15,16). The van der Waals surface area contributed by atoms with E-state index < -0.39 is 4.92 Å². The molecule has 0 aliphatic rings. The number of aromatic nitrogens is 2. The zero-order valence-corrected chi connectivity index (χ0v) is 12.6. The van der Waals surface area contributed by atoms with Gasteiger partial charge in [0.05, 0.1) is 4.92 Å². The van der Waals surface area contributed by atoms with Gasteiger partial charge in [-0.1, -0.05) is 6.07 Å². The van der Waals surface area contributed by atoms with Crippen LogP contribution in [0, 0.1) is 20.6 Å². The summed E-state index contributed by atoms with van der Waals surface area (Å²) in [6.45, 7) is 1.52. The molecule has 1 heterocycles. The van der Waals surface area contributed by atoms with Crippen molar-refractivity contribution in [2.75, 3.05) is 5.32 Å². The van der Waals surface area contributed by atoms with Crippen LogP contribution in [0.25, 0.3) is 0 Å². The fraction of sp³-hybridized carbons (Fsp3) is 0.0909. The van der Waals surface area contributed by atoms with Gasteiger partial charge in [0.15, 0.2) is 0 Å². The summed E-state index contributed by atoms with van der Waals surface area (Å²) in [5.41, 5.74) is 0.741. The van der Waals surface area contributed by atoms with Crippen molar-refractivity contribution in [2.45, 2.75) is 6.92 Å². The van der Waals surface area contributed by atoms with E-state index in [9.17, 15) is 10.1 Å². The van der Waals surface area contributed by atoms with Gasteiger partial charge in [-0.15, -0.1) is 0 Å². The molecule has 0 amide bonds. The molecule has 0 unspecified atom stereocenters. The van der Waals surface area contributed by atoms with Crippen molar-refractivity contribution >= 4 is 51.4 Å². The van der Waals surface area contributed by atoms with E-state index in [0.29, 0.717) is 5.69 Å². The Morgan fingerprint density at radius 2 is 2.16 bits per heavy atom. The van der Waals surface area contributed by atoms with Gasteiger partial charge in [0.1, 0.15) is 5.69 Å². The van der Waals surface area contributed by atoms with Crippen molar-refractivity contribution < 1.29 is 4.92 Å². The summed E-state index contributed by atoms with van der Waals surface area (Å²) in [7, 11) is 0. The third-order valence-corrected chi connectivity index (χ3v) is 3.14. The third kappa shape index (κ3) is 3.29. The summed E-state index contributed by atoms with van der Waals surface area (Å²) in [6, 6.07) is 7.39. The molecule has 2 rings (SSSR count). The molecule has 0 saturated heterocycles. The number of aryl methyl sites for hydroxylation is 1. The van der Waals surface area contributed by atoms with Gasteiger partial charge in [0.25, 0.3) is 0 Å². The Kier molecular flexibility index (Phi) is 4.15. The molecule has 98 valence electrons. The summed E-state index contributed by atoms with van der Waals surface area (Å²) >= 11 is 7.89. The first-order valence-electron chi connectivity index (χ1n) is 5.18. The van der Waals surface area contributed by atoms with E-state index in [-0.39, 0.29) is 22.5 Å². The fourth-order valence-electron chi connectivity index (χ4n) is 1.54. The quantitative estimate of drug-likeness (QED) is 0.374. The second kappa shape index (κ2) is 5.66. The smallest absolute Gasteiger partial charge is 0.332 e. The molecule has 8 heteroatoms. The van der Waals surface area contributed by atoms with E-state index in [1.165, 1.54) is 6.92 Å². The van der Waals surface area contributed by atoms with Crippen molar-refractivity contribution in [2.24, 2.45) is 0 Å². The Balaban J connectivity index is 2.47. The topological polar surface area (TPSA) is 81.0 Å². The van der Waals surface area contributed by atoms with Gasteiger partial charge in [-0.05, 0) is 59.3 Å². The minimum Gasteiger partial charge on any atom is -0.334 e. The average Bonchev–Trinajstić information content (AvgIpc) is 2.26. The van der Waals surface area contributed by atoms with E-state index in [4.69, 9.17) is 11.6 Å². The van der Waals surface area contributed by atoms with Crippen LogP contribution < -0.4 is 5.32 Å². The molecule has 1 N–H and O–H groups in total. The molecule has 0 aliphatic heterocycles. The summed E-state index contributed by atoms with van der Waals surface area (Å²) in [5, 5.41) is 13.9. The maximum absolute atomic E-state index is 11.1. The second-order valence-corrected chi connectivity index (χ2v) is 5.25. The van der Waals surface area contributed by atoms with Crippen molar-refractivity contribution in [3.63, 3.8) is 0 Å². The zero-order valence-electron chi connectivity index (χ0n) is 9.72. The Morgan fingerprint density at radius 1 is 1.42 bits per heavy atom. The monoisotopic (exact) mass is 390 g/mol. The van der Waals surface area contributed by atoms with Gasteiger partial charge >= 0.3 is 5.69 Å². The molecule has 0 spiro atoms. The lowest BCUT2D eigenvalue weighted by molar-refractivity contribution is -0.385. The first-order chi connectivity index (χ1) is 8.97. The molecule has 1 aromatic heterocycles. The number of benzene rings is 1. The molecule has 6 nitrogen and oxygen atoms in total. The van der Waals surface area contributed by atoms with Crippen molar-refractivity contribution in [1.29, 1.82) is 0 Å². The highest BCUT2D eigenvalue weighted by atomic mass is 127. The van der Waals surface area contributed by atoms with E-state index in [2.05, 4.69) is 37.9 Å². The number of rotatable bonds is 3. The lowest BCUT2D eigenvalue weighted by Gasteiger charge is -2.08. The minimum absolute atomic E-state index is 0.0313. The van der Waals surface area contributed by atoms with Crippen LogP contribution in [0.5, 0.6) is 0 Å². The maximum Gasteiger partial charge on any atom is 0.332 e. The van der Waals surface area contributed by atoms with E-state index in [1.54, 1.807) is 6.07 Å². The predicted octanol–water partition coefficient (Wildman–Crippen LogP) is 3.69. The Bertz CT molecular complexity index is 651. The molecule has 0 aliphatic carbocycles. The van der Waals surface area contributed by atoms with E-state index in [1.807, 2.05) is 18.2 Å². The number of nitro groups is 1. The summed E-state index contributed by atoms with van der Waals surface area (Å²) < 4.78 is 1.00. The fourth-order valence-corrected chi connectivity index (χ4v) is 2.30. The van der Waals surface area contributed by atoms with Crippen LogP contribution in [0.2, 0.25) is 5.28 Å². The summed E-state index contributed by atoms with van der Waals surface area (Å²) in [6.07, 6.45) is 0. The van der Waals surface area contributed by atoms with Gasteiger partial charge in [0, 0.05) is 9.26 Å². The molecule has 0 fully saturated rings. The Labute approximate surface area is 127 Å². The van der Waals surface area contributed by atoms with Gasteiger partial charge in [-0.25, -0.2) is 4.98 Å². The highest BCUT2D eigenvalue weighted by molar-refractivity contribution is 14.1. The number of nitrogens with one attached hydrogen (secondary N) is 1. The normalized spacial score (nSPS) is 10.3. The van der Waals surface area contributed by atoms with Crippen LogP contribution in [0.3, 0.4) is 0 Å². The zero-order chi connectivity index (χ0) is 14.0. The third-order valence-electron chi connectivity index (χ3n) is 2.30. The van der Waals surface area contributed by atoms with Crippen LogP contribution in [-0.4, -0.2) is 14.9 Å². The maximum atomic E-state index is 11.1. The molecule has 19 heavy (non-hydrogen) atoms. The SMILES string of the molecule is Cc1nc(Cl)nc(Nc2cccc(I)c2)c1[N+](=O)[O-]. The van der Waals surface area contributed by atoms with E-state index >= 15 is 0 Å². The molecular weight excluding hydrogens is 383 g/mol. The molecule has 0 bridgehead atoms. The van der Waals surface area contributed by atoms with Crippen LogP contribution in [-0.2, 0) is 0 Å². The van der Waals surface area contributed by atoms with Crippen LogP contribution >= 0.6 is 34.2 Å². The average molecular weight is 391 g/mol. The van der Waals surface area contributed by atoms with Gasteiger partial charge in [-0.3, -0.25) is 10.1 Å². The van der Waals surface area contributed by atoms with Crippen LogP contribution in [0.15, 0.2) is 24.3 Å².